The number of anilines is 3. The fourth-order valence-electron chi connectivity index (χ4n) is 3.07. The van der Waals surface area contributed by atoms with Crippen LogP contribution in [0.1, 0.15) is 0 Å². The normalized spacial score (nSPS) is 11.3. The van der Waals surface area contributed by atoms with E-state index in [9.17, 15) is 13.0 Å². The molecule has 0 atom stereocenters. The molecule has 4 rings (SSSR count). The molecule has 1 aromatic heterocycles. The van der Waals surface area contributed by atoms with E-state index in [1.807, 2.05) is 42.5 Å². The third-order valence-electron chi connectivity index (χ3n) is 4.50. The van der Waals surface area contributed by atoms with Gasteiger partial charge in [-0.1, -0.05) is 54.6 Å². The summed E-state index contributed by atoms with van der Waals surface area (Å²) in [6.45, 7) is 0. The molecule has 1 heterocycles. The van der Waals surface area contributed by atoms with Gasteiger partial charge in [0.25, 0.3) is 10.1 Å². The number of fused-ring (bicyclic) bond motifs is 1. The molecule has 0 fully saturated rings. The van der Waals surface area contributed by atoms with Crippen LogP contribution in [0.3, 0.4) is 0 Å². The van der Waals surface area contributed by atoms with Crippen LogP contribution >= 0.6 is 0 Å². The minimum absolute atomic E-state index is 0.218. The van der Waals surface area contributed by atoms with Crippen molar-refractivity contribution < 1.29 is 13.0 Å². The molecule has 3 aromatic carbocycles. The van der Waals surface area contributed by atoms with Crippen LogP contribution in [0, 0.1) is 0 Å². The lowest BCUT2D eigenvalue weighted by molar-refractivity contribution is 0.484. The van der Waals surface area contributed by atoms with Crippen molar-refractivity contribution in [1.82, 2.24) is 4.98 Å². The number of benzene rings is 3. The van der Waals surface area contributed by atoms with E-state index >= 15 is 0 Å². The standard InChI is InChI=1S/C21H18N4O3S/c22-21-17-9-5-4-8-16(17)20(29(26,27)28)12-19(21)25-24-15-10-11-18(23-13-15)14-6-2-1-3-7-14/h1-13,24-25H,22H2,(H,26,27,28). The Balaban J connectivity index is 1.62. The Morgan fingerprint density at radius 2 is 1.55 bits per heavy atom. The predicted molar refractivity (Wildman–Crippen MR) is 115 cm³/mol. The highest BCUT2D eigenvalue weighted by atomic mass is 32.2. The Bertz CT molecular complexity index is 1270. The molecule has 7 nitrogen and oxygen atoms in total. The Morgan fingerprint density at radius 3 is 2.21 bits per heavy atom. The highest BCUT2D eigenvalue weighted by Crippen LogP contribution is 2.34. The van der Waals surface area contributed by atoms with Gasteiger partial charge in [-0.2, -0.15) is 8.42 Å². The van der Waals surface area contributed by atoms with Crippen LogP contribution < -0.4 is 16.6 Å². The fourth-order valence-corrected chi connectivity index (χ4v) is 3.79. The van der Waals surface area contributed by atoms with Crippen LogP contribution in [-0.4, -0.2) is 18.0 Å². The van der Waals surface area contributed by atoms with Crippen molar-refractivity contribution in [2.24, 2.45) is 0 Å². The first kappa shape index (κ1) is 18.7. The van der Waals surface area contributed by atoms with Gasteiger partial charge in [0.05, 0.1) is 29.0 Å². The van der Waals surface area contributed by atoms with Crippen LogP contribution in [0.5, 0.6) is 0 Å². The van der Waals surface area contributed by atoms with Gasteiger partial charge in [0.15, 0.2) is 0 Å². The lowest BCUT2D eigenvalue weighted by Gasteiger charge is -2.15. The summed E-state index contributed by atoms with van der Waals surface area (Å²) in [5, 5.41) is 0.872. The predicted octanol–water partition coefficient (Wildman–Crippen LogP) is 4.17. The van der Waals surface area contributed by atoms with Gasteiger partial charge in [-0.15, -0.1) is 0 Å². The van der Waals surface area contributed by atoms with E-state index in [0.29, 0.717) is 27.8 Å². The molecule has 0 amide bonds. The van der Waals surface area contributed by atoms with Gasteiger partial charge >= 0.3 is 0 Å². The van der Waals surface area contributed by atoms with E-state index in [1.54, 1.807) is 30.5 Å². The molecule has 29 heavy (non-hydrogen) atoms. The maximum absolute atomic E-state index is 11.8. The second-order valence-electron chi connectivity index (χ2n) is 6.40. The van der Waals surface area contributed by atoms with Crippen LogP contribution in [0.25, 0.3) is 22.0 Å². The summed E-state index contributed by atoms with van der Waals surface area (Å²) in [6.07, 6.45) is 1.65. The molecule has 0 aliphatic carbocycles. The van der Waals surface area contributed by atoms with E-state index in [4.69, 9.17) is 5.73 Å². The Hall–Kier alpha value is -3.62. The summed E-state index contributed by atoms with van der Waals surface area (Å²) in [7, 11) is -4.42. The number of hydrogen-bond donors (Lipinski definition) is 4. The molecule has 146 valence electrons. The van der Waals surface area contributed by atoms with Crippen LogP contribution in [0.15, 0.2) is 83.9 Å². The minimum Gasteiger partial charge on any atom is -0.396 e. The third-order valence-corrected chi connectivity index (χ3v) is 5.39. The van der Waals surface area contributed by atoms with Gasteiger partial charge in [0, 0.05) is 16.3 Å². The number of hydrogen-bond acceptors (Lipinski definition) is 6. The number of nitrogens with one attached hydrogen (secondary N) is 2. The maximum Gasteiger partial charge on any atom is 0.295 e. The van der Waals surface area contributed by atoms with Gasteiger partial charge in [0.2, 0.25) is 0 Å². The van der Waals surface area contributed by atoms with Gasteiger partial charge in [-0.3, -0.25) is 20.4 Å². The monoisotopic (exact) mass is 406 g/mol. The Kier molecular flexibility index (Phi) is 4.79. The van der Waals surface area contributed by atoms with Crippen molar-refractivity contribution >= 4 is 38.0 Å². The van der Waals surface area contributed by atoms with Gasteiger partial charge in [-0.25, -0.2) is 0 Å². The highest BCUT2D eigenvalue weighted by molar-refractivity contribution is 7.86. The van der Waals surface area contributed by atoms with Crippen LogP contribution in [0.2, 0.25) is 0 Å². The quantitative estimate of drug-likeness (QED) is 0.223. The van der Waals surface area contributed by atoms with Crippen molar-refractivity contribution in [2.75, 3.05) is 16.6 Å². The first-order valence-corrected chi connectivity index (χ1v) is 10.2. The number of nitrogens with zero attached hydrogens (tertiary/aromatic N) is 1. The van der Waals surface area contributed by atoms with Crippen molar-refractivity contribution in [2.45, 2.75) is 4.90 Å². The smallest absolute Gasteiger partial charge is 0.295 e. The van der Waals surface area contributed by atoms with Crippen molar-refractivity contribution in [3.63, 3.8) is 0 Å². The van der Waals surface area contributed by atoms with E-state index in [-0.39, 0.29) is 4.90 Å². The van der Waals surface area contributed by atoms with E-state index in [0.717, 1.165) is 11.3 Å². The van der Waals surface area contributed by atoms with Crippen molar-refractivity contribution in [3.8, 4) is 11.3 Å². The molecule has 0 saturated heterocycles. The summed E-state index contributed by atoms with van der Waals surface area (Å²) in [5.74, 6) is 0. The molecule has 4 aromatic rings. The minimum atomic E-state index is -4.42. The Morgan fingerprint density at radius 1 is 0.862 bits per heavy atom. The lowest BCUT2D eigenvalue weighted by Crippen LogP contribution is -2.12. The average molecular weight is 406 g/mol. The zero-order chi connectivity index (χ0) is 20.4. The molecular weight excluding hydrogens is 388 g/mol. The number of hydrazine groups is 1. The Labute approximate surface area is 167 Å². The number of rotatable bonds is 5. The van der Waals surface area contributed by atoms with Crippen LogP contribution in [0.4, 0.5) is 17.1 Å². The number of nitrogens with two attached hydrogens (primary N) is 1. The number of aromatic nitrogens is 1. The first-order chi connectivity index (χ1) is 13.9. The maximum atomic E-state index is 11.8. The molecule has 0 unspecified atom stereocenters. The summed E-state index contributed by atoms with van der Waals surface area (Å²) < 4.78 is 33.2. The summed E-state index contributed by atoms with van der Waals surface area (Å²) >= 11 is 0. The fraction of sp³-hybridized carbons (Fsp3) is 0. The molecule has 0 bridgehead atoms. The highest BCUT2D eigenvalue weighted by Gasteiger charge is 2.18. The number of nitrogen functional groups attached to an aromatic ring is 1. The second-order valence-corrected chi connectivity index (χ2v) is 7.79. The second kappa shape index (κ2) is 7.42. The first-order valence-electron chi connectivity index (χ1n) is 8.76. The largest absolute Gasteiger partial charge is 0.396 e. The van der Waals surface area contributed by atoms with Crippen molar-refractivity contribution in [1.29, 1.82) is 0 Å². The molecule has 0 radical (unpaired) electrons. The van der Waals surface area contributed by atoms with Gasteiger partial charge in [-0.05, 0) is 18.2 Å². The molecular formula is C21H18N4O3S. The lowest BCUT2D eigenvalue weighted by atomic mass is 10.1. The molecule has 0 aliphatic rings. The zero-order valence-corrected chi connectivity index (χ0v) is 16.0. The molecule has 8 heteroatoms. The van der Waals surface area contributed by atoms with Gasteiger partial charge < -0.3 is 5.73 Å². The third kappa shape index (κ3) is 3.84. The van der Waals surface area contributed by atoms with E-state index in [2.05, 4.69) is 15.8 Å². The summed E-state index contributed by atoms with van der Waals surface area (Å²) in [4.78, 5) is 4.20. The molecule has 0 aliphatic heterocycles. The number of pyridine rings is 1. The van der Waals surface area contributed by atoms with E-state index < -0.39 is 10.1 Å². The van der Waals surface area contributed by atoms with Crippen LogP contribution in [-0.2, 0) is 10.1 Å². The summed E-state index contributed by atoms with van der Waals surface area (Å²) in [5.41, 5.74) is 15.2. The molecule has 0 spiro atoms. The average Bonchev–Trinajstić information content (AvgIpc) is 2.73. The van der Waals surface area contributed by atoms with Crippen molar-refractivity contribution in [3.05, 3.63) is 79.0 Å². The summed E-state index contributed by atoms with van der Waals surface area (Å²) in [6, 6.07) is 21.5. The zero-order valence-electron chi connectivity index (χ0n) is 15.2. The molecule has 5 N–H and O–H groups in total. The van der Waals surface area contributed by atoms with Gasteiger partial charge in [0.1, 0.15) is 4.90 Å². The van der Waals surface area contributed by atoms with E-state index in [1.165, 1.54) is 6.07 Å². The topological polar surface area (TPSA) is 117 Å². The SMILES string of the molecule is Nc1c(NNc2ccc(-c3ccccc3)nc2)cc(S(=O)(=O)O)c2ccccc12. The molecule has 0 saturated carbocycles.